The van der Waals surface area contributed by atoms with Crippen LogP contribution >= 0.6 is 0 Å². The number of nitrogens with zero attached hydrogens (tertiary/aromatic N) is 3. The average Bonchev–Trinajstić information content (AvgIpc) is 2.79. The van der Waals surface area contributed by atoms with E-state index in [0.717, 1.165) is 5.56 Å². The second-order valence-electron chi connectivity index (χ2n) is 7.69. The molecule has 1 aliphatic heterocycles. The average molecular weight is 437 g/mol. The topological polar surface area (TPSA) is 83.8 Å². The van der Waals surface area contributed by atoms with Gasteiger partial charge in [0.2, 0.25) is 0 Å². The van der Waals surface area contributed by atoms with E-state index in [0.29, 0.717) is 12.0 Å². The van der Waals surface area contributed by atoms with Gasteiger partial charge in [0.25, 0.3) is 17.5 Å². The van der Waals surface area contributed by atoms with Gasteiger partial charge < -0.3 is 9.80 Å². The van der Waals surface area contributed by atoms with Gasteiger partial charge in [0.1, 0.15) is 17.1 Å². The summed E-state index contributed by atoms with van der Waals surface area (Å²) in [6.07, 6.45) is 3.38. The minimum absolute atomic E-state index is 0.0260. The van der Waals surface area contributed by atoms with Crippen molar-refractivity contribution < 1.29 is 18.9 Å². The van der Waals surface area contributed by atoms with Crippen molar-refractivity contribution in [3.05, 3.63) is 87.4 Å². The Labute approximate surface area is 185 Å². The van der Waals surface area contributed by atoms with Gasteiger partial charge >= 0.3 is 0 Å². The third-order valence-electron chi connectivity index (χ3n) is 6.04. The first-order valence-electron chi connectivity index (χ1n) is 10.1. The van der Waals surface area contributed by atoms with Gasteiger partial charge in [-0.2, -0.15) is 0 Å². The summed E-state index contributed by atoms with van der Waals surface area (Å²) < 4.78 is 13.3. The number of nitro benzene ring substituents is 1. The van der Waals surface area contributed by atoms with Crippen molar-refractivity contribution in [2.45, 2.75) is 25.3 Å². The van der Waals surface area contributed by atoms with E-state index in [4.69, 9.17) is 0 Å². The van der Waals surface area contributed by atoms with Crippen LogP contribution in [0.1, 0.15) is 30.0 Å². The molecule has 1 unspecified atom stereocenters. The summed E-state index contributed by atoms with van der Waals surface area (Å²) in [4.78, 5) is 40.6. The molecule has 1 heterocycles. The lowest BCUT2D eigenvalue weighted by molar-refractivity contribution is -0.385. The van der Waals surface area contributed by atoms with Crippen LogP contribution < -0.4 is 0 Å². The van der Waals surface area contributed by atoms with Crippen LogP contribution in [0.25, 0.3) is 12.2 Å². The molecule has 2 aromatic rings. The Bertz CT molecular complexity index is 1130. The molecule has 0 radical (unpaired) electrons. The van der Waals surface area contributed by atoms with E-state index in [2.05, 4.69) is 6.58 Å². The molecule has 7 nitrogen and oxygen atoms in total. The van der Waals surface area contributed by atoms with Crippen LogP contribution in [0.15, 0.2) is 54.7 Å². The molecular formula is C24H24FN3O4. The van der Waals surface area contributed by atoms with Gasteiger partial charge in [-0.15, -0.1) is 0 Å². The van der Waals surface area contributed by atoms with Crippen LogP contribution in [0, 0.1) is 15.9 Å². The van der Waals surface area contributed by atoms with Crippen molar-refractivity contribution in [1.29, 1.82) is 0 Å². The Morgan fingerprint density at radius 1 is 1.16 bits per heavy atom. The van der Waals surface area contributed by atoms with Gasteiger partial charge in [-0.3, -0.25) is 19.7 Å². The number of piperazine rings is 1. The number of hydrogen-bond acceptors (Lipinski definition) is 4. The molecule has 0 spiro atoms. The number of likely N-dealkylation sites (N-methyl/N-ethyl adjacent to an activating group) is 2. The number of carbonyl (C=O) groups is 2. The number of carbonyl (C=O) groups excluding carboxylic acids is 2. The Hall–Kier alpha value is -3.81. The van der Waals surface area contributed by atoms with Crippen LogP contribution in [-0.2, 0) is 16.0 Å². The first-order chi connectivity index (χ1) is 15.2. The van der Waals surface area contributed by atoms with Crippen LogP contribution in [0.3, 0.4) is 0 Å². The zero-order valence-electron chi connectivity index (χ0n) is 18.2. The van der Waals surface area contributed by atoms with Crippen molar-refractivity contribution >= 4 is 29.7 Å². The Morgan fingerprint density at radius 3 is 2.38 bits per heavy atom. The molecule has 1 saturated heterocycles. The maximum atomic E-state index is 13.5. The Morgan fingerprint density at radius 2 is 1.81 bits per heavy atom. The molecule has 1 atom stereocenters. The molecule has 0 aromatic heterocycles. The molecule has 2 aromatic carbocycles. The SMILES string of the molecule is C=Cc1cccc([N+](=O)[O-])c1/C=C1\C(=O)N(C)C(CC)(Cc2ccc(F)cc2)C(=O)N1C. The summed E-state index contributed by atoms with van der Waals surface area (Å²) in [5.41, 5.74) is 0.0657. The summed E-state index contributed by atoms with van der Waals surface area (Å²) in [6, 6.07) is 10.3. The molecule has 32 heavy (non-hydrogen) atoms. The second-order valence-corrected chi connectivity index (χ2v) is 7.69. The molecule has 1 fully saturated rings. The van der Waals surface area contributed by atoms with Gasteiger partial charge in [-0.1, -0.05) is 43.8 Å². The van der Waals surface area contributed by atoms with Crippen molar-refractivity contribution in [2.24, 2.45) is 0 Å². The molecule has 166 valence electrons. The summed E-state index contributed by atoms with van der Waals surface area (Å²) in [7, 11) is 3.03. The standard InChI is InChI=1S/C24H24FN3O4/c1-5-17-8-7-9-20(28(31)32)19(17)14-21-22(29)27(4)24(6-2,23(30)26(21)3)15-16-10-12-18(25)13-11-16/h5,7-14H,1,6,15H2,2-4H3/b21-14+. The lowest BCUT2D eigenvalue weighted by Gasteiger charge is -2.47. The molecule has 0 aliphatic carbocycles. The highest BCUT2D eigenvalue weighted by Gasteiger charge is 2.50. The lowest BCUT2D eigenvalue weighted by Crippen LogP contribution is -2.65. The highest BCUT2D eigenvalue weighted by Crippen LogP contribution is 2.35. The second kappa shape index (κ2) is 8.74. The fourth-order valence-corrected chi connectivity index (χ4v) is 4.08. The van der Waals surface area contributed by atoms with Crippen LogP contribution in [0.4, 0.5) is 10.1 Å². The first kappa shape index (κ1) is 22.9. The maximum Gasteiger partial charge on any atom is 0.277 e. The summed E-state index contributed by atoms with van der Waals surface area (Å²) in [6.45, 7) is 5.50. The molecule has 8 heteroatoms. The molecule has 0 saturated carbocycles. The predicted octanol–water partition coefficient (Wildman–Crippen LogP) is 4.04. The number of hydrogen-bond donors (Lipinski definition) is 0. The van der Waals surface area contributed by atoms with E-state index in [1.165, 1.54) is 53.3 Å². The van der Waals surface area contributed by atoms with E-state index in [9.17, 15) is 24.1 Å². The minimum Gasteiger partial charge on any atom is -0.325 e. The van der Waals surface area contributed by atoms with E-state index >= 15 is 0 Å². The van der Waals surface area contributed by atoms with Crippen molar-refractivity contribution in [2.75, 3.05) is 14.1 Å². The van der Waals surface area contributed by atoms with Gasteiger partial charge in [0, 0.05) is 26.6 Å². The summed E-state index contributed by atoms with van der Waals surface area (Å²) in [5.74, 6) is -1.15. The molecule has 0 bridgehead atoms. The number of benzene rings is 2. The molecule has 1 aliphatic rings. The monoisotopic (exact) mass is 437 g/mol. The zero-order chi connectivity index (χ0) is 23.6. The van der Waals surface area contributed by atoms with Gasteiger partial charge in [0.15, 0.2) is 0 Å². The van der Waals surface area contributed by atoms with E-state index in [-0.39, 0.29) is 35.1 Å². The third-order valence-corrected chi connectivity index (χ3v) is 6.04. The number of halogens is 1. The van der Waals surface area contributed by atoms with Crippen LogP contribution in [0.5, 0.6) is 0 Å². The minimum atomic E-state index is -1.16. The highest BCUT2D eigenvalue weighted by atomic mass is 19.1. The normalized spacial score (nSPS) is 20.1. The molecule has 2 amide bonds. The highest BCUT2D eigenvalue weighted by molar-refractivity contribution is 6.09. The Kier molecular flexibility index (Phi) is 6.25. The molecule has 0 N–H and O–H groups in total. The number of amides is 2. The summed E-state index contributed by atoms with van der Waals surface area (Å²) in [5, 5.41) is 11.5. The van der Waals surface area contributed by atoms with Crippen molar-refractivity contribution in [3.8, 4) is 0 Å². The largest absolute Gasteiger partial charge is 0.325 e. The predicted molar refractivity (Wildman–Crippen MR) is 120 cm³/mol. The van der Waals surface area contributed by atoms with E-state index < -0.39 is 16.4 Å². The van der Waals surface area contributed by atoms with Gasteiger partial charge in [-0.05, 0) is 35.8 Å². The fourth-order valence-electron chi connectivity index (χ4n) is 4.08. The van der Waals surface area contributed by atoms with E-state index in [1.807, 2.05) is 6.92 Å². The van der Waals surface area contributed by atoms with Gasteiger partial charge in [-0.25, -0.2) is 4.39 Å². The van der Waals surface area contributed by atoms with Crippen LogP contribution in [-0.4, -0.2) is 46.2 Å². The number of nitro groups is 1. The molecule has 3 rings (SSSR count). The quantitative estimate of drug-likeness (QED) is 0.388. The smallest absolute Gasteiger partial charge is 0.277 e. The van der Waals surface area contributed by atoms with Crippen LogP contribution in [0.2, 0.25) is 0 Å². The third kappa shape index (κ3) is 3.79. The van der Waals surface area contributed by atoms with Gasteiger partial charge in [0.05, 0.1) is 10.5 Å². The van der Waals surface area contributed by atoms with E-state index in [1.54, 1.807) is 25.2 Å². The Balaban J connectivity index is 2.09. The fraction of sp³-hybridized carbons (Fsp3) is 0.250. The molecular weight excluding hydrogens is 413 g/mol. The maximum absolute atomic E-state index is 13.5. The zero-order valence-corrected chi connectivity index (χ0v) is 18.2. The van der Waals surface area contributed by atoms with Crippen molar-refractivity contribution in [1.82, 2.24) is 9.80 Å². The number of rotatable bonds is 6. The van der Waals surface area contributed by atoms with Crippen molar-refractivity contribution in [3.63, 3.8) is 0 Å². The first-order valence-corrected chi connectivity index (χ1v) is 10.1. The lowest BCUT2D eigenvalue weighted by atomic mass is 9.82. The summed E-state index contributed by atoms with van der Waals surface area (Å²) >= 11 is 0.